The SMILES string of the molecule is CCCNC(=O)C1CCN(C(=O)c2cccc3cccnc23)CC1. The highest BCUT2D eigenvalue weighted by Gasteiger charge is 2.28. The van der Waals surface area contributed by atoms with E-state index in [1.165, 1.54) is 0 Å². The summed E-state index contributed by atoms with van der Waals surface area (Å²) < 4.78 is 0. The van der Waals surface area contributed by atoms with Crippen LogP contribution >= 0.6 is 0 Å². The molecule has 0 atom stereocenters. The van der Waals surface area contributed by atoms with E-state index in [1.807, 2.05) is 42.2 Å². The van der Waals surface area contributed by atoms with Crippen LogP contribution in [0.25, 0.3) is 10.9 Å². The number of hydrogen-bond donors (Lipinski definition) is 1. The van der Waals surface area contributed by atoms with E-state index in [2.05, 4.69) is 10.3 Å². The lowest BCUT2D eigenvalue weighted by atomic mass is 9.95. The topological polar surface area (TPSA) is 62.3 Å². The van der Waals surface area contributed by atoms with Gasteiger partial charge in [0.1, 0.15) is 0 Å². The van der Waals surface area contributed by atoms with Crippen molar-refractivity contribution < 1.29 is 9.59 Å². The maximum absolute atomic E-state index is 12.8. The molecule has 0 spiro atoms. The molecule has 1 aliphatic heterocycles. The number of benzene rings is 1. The number of aromatic nitrogens is 1. The second-order valence-corrected chi connectivity index (χ2v) is 6.24. The number of pyridine rings is 1. The summed E-state index contributed by atoms with van der Waals surface area (Å²) in [5.74, 6) is 0.147. The molecule has 5 nitrogen and oxygen atoms in total. The summed E-state index contributed by atoms with van der Waals surface area (Å²) in [5, 5.41) is 3.92. The van der Waals surface area contributed by atoms with Gasteiger partial charge in [-0.05, 0) is 31.4 Å². The van der Waals surface area contributed by atoms with Crippen LogP contribution in [-0.2, 0) is 4.79 Å². The molecule has 0 bridgehead atoms. The Balaban J connectivity index is 1.68. The number of nitrogens with one attached hydrogen (secondary N) is 1. The molecule has 1 aromatic heterocycles. The van der Waals surface area contributed by atoms with E-state index < -0.39 is 0 Å². The van der Waals surface area contributed by atoms with Crippen molar-refractivity contribution >= 4 is 22.7 Å². The lowest BCUT2D eigenvalue weighted by Crippen LogP contribution is -2.43. The van der Waals surface area contributed by atoms with Crippen LogP contribution in [0.3, 0.4) is 0 Å². The molecule has 24 heavy (non-hydrogen) atoms. The predicted molar refractivity (Wildman–Crippen MR) is 93.7 cm³/mol. The fraction of sp³-hybridized carbons (Fsp3) is 0.421. The zero-order valence-corrected chi connectivity index (χ0v) is 14.0. The fourth-order valence-electron chi connectivity index (χ4n) is 3.18. The molecule has 1 aliphatic rings. The third kappa shape index (κ3) is 3.40. The summed E-state index contributed by atoms with van der Waals surface area (Å²) in [6, 6.07) is 9.52. The maximum atomic E-state index is 12.8. The highest BCUT2D eigenvalue weighted by molar-refractivity contribution is 6.05. The first-order chi connectivity index (χ1) is 11.7. The molecule has 1 aromatic carbocycles. The van der Waals surface area contributed by atoms with Gasteiger partial charge in [-0.1, -0.05) is 25.1 Å². The smallest absolute Gasteiger partial charge is 0.256 e. The molecule has 0 unspecified atom stereocenters. The molecule has 2 amide bonds. The van der Waals surface area contributed by atoms with E-state index in [0.717, 1.165) is 36.7 Å². The Hall–Kier alpha value is -2.43. The van der Waals surface area contributed by atoms with Gasteiger partial charge in [-0.3, -0.25) is 14.6 Å². The second-order valence-electron chi connectivity index (χ2n) is 6.24. The average molecular weight is 325 g/mol. The maximum Gasteiger partial charge on any atom is 0.256 e. The van der Waals surface area contributed by atoms with Crippen LogP contribution in [0.15, 0.2) is 36.5 Å². The van der Waals surface area contributed by atoms with Crippen molar-refractivity contribution in [3.63, 3.8) is 0 Å². The molecule has 1 fully saturated rings. The van der Waals surface area contributed by atoms with Crippen LogP contribution in [-0.4, -0.2) is 41.3 Å². The Kier molecular flexibility index (Phi) is 5.08. The summed E-state index contributed by atoms with van der Waals surface area (Å²) in [6.45, 7) is 4.00. The first-order valence-corrected chi connectivity index (χ1v) is 8.61. The minimum Gasteiger partial charge on any atom is -0.356 e. The summed E-state index contributed by atoms with van der Waals surface area (Å²) in [5.41, 5.74) is 1.38. The van der Waals surface area contributed by atoms with Gasteiger partial charge in [0.2, 0.25) is 5.91 Å². The third-order valence-electron chi connectivity index (χ3n) is 4.57. The predicted octanol–water partition coefficient (Wildman–Crippen LogP) is 2.61. The molecular formula is C19H23N3O2. The number of likely N-dealkylation sites (tertiary alicyclic amines) is 1. The highest BCUT2D eigenvalue weighted by Crippen LogP contribution is 2.22. The van der Waals surface area contributed by atoms with E-state index >= 15 is 0 Å². The largest absolute Gasteiger partial charge is 0.356 e. The number of para-hydroxylation sites is 1. The van der Waals surface area contributed by atoms with Gasteiger partial charge < -0.3 is 10.2 Å². The quantitative estimate of drug-likeness (QED) is 0.940. The van der Waals surface area contributed by atoms with Gasteiger partial charge in [-0.2, -0.15) is 0 Å². The van der Waals surface area contributed by atoms with Crippen molar-refractivity contribution in [1.29, 1.82) is 0 Å². The van der Waals surface area contributed by atoms with E-state index in [1.54, 1.807) is 6.20 Å². The van der Waals surface area contributed by atoms with Crippen molar-refractivity contribution in [3.05, 3.63) is 42.1 Å². The molecular weight excluding hydrogens is 302 g/mol. The molecule has 5 heteroatoms. The fourth-order valence-corrected chi connectivity index (χ4v) is 3.18. The van der Waals surface area contributed by atoms with E-state index in [-0.39, 0.29) is 17.7 Å². The number of rotatable bonds is 4. The van der Waals surface area contributed by atoms with Gasteiger partial charge in [-0.15, -0.1) is 0 Å². The molecule has 3 rings (SSSR count). The van der Waals surface area contributed by atoms with Crippen LogP contribution in [0.2, 0.25) is 0 Å². The molecule has 0 radical (unpaired) electrons. The van der Waals surface area contributed by atoms with Crippen molar-refractivity contribution in [3.8, 4) is 0 Å². The first-order valence-electron chi connectivity index (χ1n) is 8.61. The van der Waals surface area contributed by atoms with Crippen molar-refractivity contribution in [2.24, 2.45) is 5.92 Å². The summed E-state index contributed by atoms with van der Waals surface area (Å²) in [7, 11) is 0. The van der Waals surface area contributed by atoms with Crippen molar-refractivity contribution in [1.82, 2.24) is 15.2 Å². The van der Waals surface area contributed by atoms with Gasteiger partial charge in [-0.25, -0.2) is 0 Å². The summed E-state index contributed by atoms with van der Waals surface area (Å²) >= 11 is 0. The number of fused-ring (bicyclic) bond motifs is 1. The van der Waals surface area contributed by atoms with E-state index in [0.29, 0.717) is 18.7 Å². The number of piperidine rings is 1. The van der Waals surface area contributed by atoms with Crippen LogP contribution < -0.4 is 5.32 Å². The lowest BCUT2D eigenvalue weighted by Gasteiger charge is -2.31. The van der Waals surface area contributed by atoms with Crippen LogP contribution in [0.1, 0.15) is 36.5 Å². The molecule has 1 N–H and O–H groups in total. The van der Waals surface area contributed by atoms with Gasteiger partial charge in [0.25, 0.3) is 5.91 Å². The normalized spacial score (nSPS) is 15.5. The standard InChI is InChI=1S/C19H23N3O2/c1-2-10-21-18(23)15-8-12-22(13-9-15)19(24)16-7-3-5-14-6-4-11-20-17(14)16/h3-7,11,15H,2,8-10,12-13H2,1H3,(H,21,23). The Morgan fingerprint density at radius 2 is 1.96 bits per heavy atom. The number of carbonyl (C=O) groups is 2. The minimum atomic E-state index is 0.00622. The minimum absolute atomic E-state index is 0.00622. The Bertz CT molecular complexity index is 731. The molecule has 2 aromatic rings. The Morgan fingerprint density at radius 3 is 2.71 bits per heavy atom. The highest BCUT2D eigenvalue weighted by atomic mass is 16.2. The average Bonchev–Trinajstić information content (AvgIpc) is 2.65. The summed E-state index contributed by atoms with van der Waals surface area (Å²) in [6.07, 6.45) is 4.10. The molecule has 0 saturated carbocycles. The molecule has 2 heterocycles. The third-order valence-corrected chi connectivity index (χ3v) is 4.57. The zero-order chi connectivity index (χ0) is 16.9. The van der Waals surface area contributed by atoms with Gasteiger partial charge in [0.15, 0.2) is 0 Å². The van der Waals surface area contributed by atoms with Gasteiger partial charge >= 0.3 is 0 Å². The number of hydrogen-bond acceptors (Lipinski definition) is 3. The Morgan fingerprint density at radius 1 is 1.21 bits per heavy atom. The van der Waals surface area contributed by atoms with Crippen LogP contribution in [0.5, 0.6) is 0 Å². The summed E-state index contributed by atoms with van der Waals surface area (Å²) in [4.78, 5) is 31.1. The first kappa shape index (κ1) is 16.4. The van der Waals surface area contributed by atoms with Crippen molar-refractivity contribution in [2.45, 2.75) is 26.2 Å². The van der Waals surface area contributed by atoms with Crippen LogP contribution in [0.4, 0.5) is 0 Å². The Labute approximate surface area is 142 Å². The van der Waals surface area contributed by atoms with Gasteiger partial charge in [0, 0.05) is 37.1 Å². The zero-order valence-electron chi connectivity index (χ0n) is 14.0. The van der Waals surface area contributed by atoms with Gasteiger partial charge in [0.05, 0.1) is 11.1 Å². The molecule has 1 saturated heterocycles. The lowest BCUT2D eigenvalue weighted by molar-refractivity contribution is -0.126. The number of nitrogens with zero attached hydrogens (tertiary/aromatic N) is 2. The number of carbonyl (C=O) groups excluding carboxylic acids is 2. The van der Waals surface area contributed by atoms with Crippen LogP contribution in [0, 0.1) is 5.92 Å². The van der Waals surface area contributed by atoms with E-state index in [4.69, 9.17) is 0 Å². The van der Waals surface area contributed by atoms with Crippen molar-refractivity contribution in [2.75, 3.05) is 19.6 Å². The van der Waals surface area contributed by atoms with E-state index in [9.17, 15) is 9.59 Å². The molecule has 126 valence electrons. The second kappa shape index (κ2) is 7.43. The monoisotopic (exact) mass is 325 g/mol. The number of amides is 2. The molecule has 0 aliphatic carbocycles.